The van der Waals surface area contributed by atoms with E-state index in [0.717, 1.165) is 6.07 Å². The van der Waals surface area contributed by atoms with Crippen molar-refractivity contribution in [1.82, 2.24) is 0 Å². The lowest BCUT2D eigenvalue weighted by molar-refractivity contribution is 0.477. The summed E-state index contributed by atoms with van der Waals surface area (Å²) in [5.74, 6) is 0. The van der Waals surface area contributed by atoms with Crippen molar-refractivity contribution in [3.8, 4) is 0 Å². The molecule has 0 saturated heterocycles. The predicted octanol–water partition coefficient (Wildman–Crippen LogP) is 1.98. The first-order valence-corrected chi connectivity index (χ1v) is 15.1. The summed E-state index contributed by atoms with van der Waals surface area (Å²) in [5, 5.41) is 7.36. The SMILES string of the molecule is CS(=O)(=O)c1cc(N=Nc2c(N)ccc3c(S(=O)(=O)O)cccc23)c(S(=O)(=O)O)cc1S(=O)(=O)O. The van der Waals surface area contributed by atoms with Crippen LogP contribution in [-0.2, 0) is 40.2 Å². The number of hydrogen-bond donors (Lipinski definition) is 4. The van der Waals surface area contributed by atoms with Gasteiger partial charge in [0.2, 0.25) is 0 Å². The normalized spacial score (nSPS) is 13.5. The highest BCUT2D eigenvalue weighted by Gasteiger charge is 2.29. The summed E-state index contributed by atoms with van der Waals surface area (Å²) in [6.45, 7) is 0. The molecule has 0 amide bonds. The number of anilines is 1. The van der Waals surface area contributed by atoms with Crippen LogP contribution >= 0.6 is 0 Å². The number of nitrogens with zero attached hydrogens (tertiary/aromatic N) is 2. The van der Waals surface area contributed by atoms with Crippen molar-refractivity contribution in [3.63, 3.8) is 0 Å². The van der Waals surface area contributed by atoms with Crippen molar-refractivity contribution >= 4 is 68.0 Å². The maximum Gasteiger partial charge on any atom is 0.296 e. The Bertz CT molecular complexity index is 1850. The highest BCUT2D eigenvalue weighted by molar-refractivity contribution is 7.92. The van der Waals surface area contributed by atoms with E-state index in [1.54, 1.807) is 0 Å². The summed E-state index contributed by atoms with van der Waals surface area (Å²) in [5.41, 5.74) is 4.70. The van der Waals surface area contributed by atoms with Crippen LogP contribution in [0.5, 0.6) is 0 Å². The predicted molar refractivity (Wildman–Crippen MR) is 122 cm³/mol. The molecule has 3 aromatic rings. The largest absolute Gasteiger partial charge is 0.397 e. The molecule has 5 N–H and O–H groups in total. The molecule has 188 valence electrons. The molecular formula is C17H15N3O11S4. The Hall–Kier alpha value is -3.00. The summed E-state index contributed by atoms with van der Waals surface area (Å²) < 4.78 is 123. The van der Waals surface area contributed by atoms with Gasteiger partial charge < -0.3 is 5.73 Å². The molecule has 0 bridgehead atoms. The minimum absolute atomic E-state index is 0.0355. The fourth-order valence-corrected chi connectivity index (χ4v) is 6.59. The van der Waals surface area contributed by atoms with Crippen LogP contribution in [0.15, 0.2) is 72.3 Å². The van der Waals surface area contributed by atoms with Crippen LogP contribution in [0.4, 0.5) is 17.1 Å². The maximum atomic E-state index is 12.1. The minimum Gasteiger partial charge on any atom is -0.397 e. The second kappa shape index (κ2) is 8.59. The van der Waals surface area contributed by atoms with E-state index in [9.17, 15) is 47.3 Å². The Labute approximate surface area is 199 Å². The lowest BCUT2D eigenvalue weighted by Gasteiger charge is -2.10. The van der Waals surface area contributed by atoms with E-state index < -0.39 is 65.5 Å². The average Bonchev–Trinajstić information content (AvgIpc) is 2.69. The van der Waals surface area contributed by atoms with Crippen molar-refractivity contribution in [2.45, 2.75) is 19.6 Å². The third kappa shape index (κ3) is 5.48. The Morgan fingerprint density at radius 2 is 1.23 bits per heavy atom. The smallest absolute Gasteiger partial charge is 0.296 e. The first-order valence-electron chi connectivity index (χ1n) is 8.85. The maximum absolute atomic E-state index is 12.1. The first-order chi connectivity index (χ1) is 15.8. The summed E-state index contributed by atoms with van der Waals surface area (Å²) in [4.78, 5) is -4.07. The molecule has 3 aromatic carbocycles. The van der Waals surface area contributed by atoms with Crippen molar-refractivity contribution in [2.75, 3.05) is 12.0 Å². The molecule has 3 rings (SSSR count). The topological polar surface area (TPSA) is 248 Å². The van der Waals surface area contributed by atoms with E-state index in [2.05, 4.69) is 10.2 Å². The van der Waals surface area contributed by atoms with Gasteiger partial charge in [-0.15, -0.1) is 10.2 Å². The van der Waals surface area contributed by atoms with Crippen LogP contribution in [-0.4, -0.2) is 53.6 Å². The number of rotatable bonds is 6. The zero-order valence-corrected chi connectivity index (χ0v) is 20.5. The van der Waals surface area contributed by atoms with Gasteiger partial charge in [-0.3, -0.25) is 13.7 Å². The quantitative estimate of drug-likeness (QED) is 0.190. The number of fused-ring (bicyclic) bond motifs is 1. The first kappa shape index (κ1) is 26.6. The summed E-state index contributed by atoms with van der Waals surface area (Å²) >= 11 is 0. The van der Waals surface area contributed by atoms with Gasteiger partial charge in [0.05, 0.1) is 10.6 Å². The number of benzene rings is 3. The number of hydrogen-bond acceptors (Lipinski definition) is 11. The van der Waals surface area contributed by atoms with E-state index in [0.29, 0.717) is 12.3 Å². The second-order valence-electron chi connectivity index (χ2n) is 7.02. The third-order valence-electron chi connectivity index (χ3n) is 4.54. The van der Waals surface area contributed by atoms with Gasteiger partial charge in [-0.1, -0.05) is 18.2 Å². The molecule has 0 unspecified atom stereocenters. The van der Waals surface area contributed by atoms with Gasteiger partial charge in [0.1, 0.15) is 26.1 Å². The van der Waals surface area contributed by atoms with E-state index in [1.165, 1.54) is 24.3 Å². The molecular weight excluding hydrogens is 550 g/mol. The van der Waals surface area contributed by atoms with Crippen LogP contribution in [0, 0.1) is 0 Å². The second-order valence-corrected chi connectivity index (χ2v) is 13.2. The molecule has 0 aromatic heterocycles. The van der Waals surface area contributed by atoms with Crippen molar-refractivity contribution in [2.24, 2.45) is 10.2 Å². The van der Waals surface area contributed by atoms with Crippen LogP contribution < -0.4 is 5.73 Å². The molecule has 0 aliphatic heterocycles. The van der Waals surface area contributed by atoms with E-state index in [1.807, 2.05) is 0 Å². The number of nitrogens with two attached hydrogens (primary N) is 1. The molecule has 18 heteroatoms. The molecule has 0 atom stereocenters. The Morgan fingerprint density at radius 1 is 0.657 bits per heavy atom. The third-order valence-corrected chi connectivity index (χ3v) is 8.49. The van der Waals surface area contributed by atoms with E-state index in [-0.39, 0.29) is 28.2 Å². The minimum atomic E-state index is -5.27. The van der Waals surface area contributed by atoms with Gasteiger partial charge >= 0.3 is 0 Å². The Kier molecular flexibility index (Phi) is 6.53. The molecule has 0 fully saturated rings. The molecule has 0 radical (unpaired) electrons. The number of azo groups is 1. The molecule has 0 aliphatic rings. The standard InChI is InChI=1S/C17H15N3O11S4/c1-32(21,22)15-7-12(14(34(26,27)28)8-16(15)35(29,30)31)19-20-17-10-3-2-4-13(33(23,24)25)9(10)5-6-11(17)18/h2-8H,18H2,1H3,(H,23,24,25)(H,26,27,28)(H,29,30,31). The fourth-order valence-electron chi connectivity index (χ4n) is 3.08. The average molecular weight is 566 g/mol. The van der Waals surface area contributed by atoms with E-state index in [4.69, 9.17) is 5.73 Å². The summed E-state index contributed by atoms with van der Waals surface area (Å²) in [7, 11) is -19.5. The lowest BCUT2D eigenvalue weighted by atomic mass is 10.1. The van der Waals surface area contributed by atoms with Gasteiger partial charge in [0.25, 0.3) is 30.4 Å². The van der Waals surface area contributed by atoms with E-state index >= 15 is 0 Å². The molecule has 0 aliphatic carbocycles. The fraction of sp³-hybridized carbons (Fsp3) is 0.0588. The molecule has 0 saturated carbocycles. The number of nitrogen functional groups attached to an aromatic ring is 1. The number of sulfone groups is 1. The van der Waals surface area contributed by atoms with Crippen LogP contribution in [0.1, 0.15) is 0 Å². The molecule has 0 spiro atoms. The lowest BCUT2D eigenvalue weighted by Crippen LogP contribution is -2.10. The Morgan fingerprint density at radius 3 is 1.74 bits per heavy atom. The zero-order valence-electron chi connectivity index (χ0n) is 17.3. The van der Waals surface area contributed by atoms with Crippen LogP contribution in [0.2, 0.25) is 0 Å². The monoisotopic (exact) mass is 565 g/mol. The van der Waals surface area contributed by atoms with Gasteiger partial charge in [-0.05, 0) is 24.3 Å². The molecule has 14 nitrogen and oxygen atoms in total. The molecule has 35 heavy (non-hydrogen) atoms. The summed E-state index contributed by atoms with van der Waals surface area (Å²) in [6.07, 6.45) is 0.574. The van der Waals surface area contributed by atoms with Gasteiger partial charge in [-0.2, -0.15) is 25.3 Å². The van der Waals surface area contributed by atoms with Crippen LogP contribution in [0.3, 0.4) is 0 Å². The van der Waals surface area contributed by atoms with Crippen molar-refractivity contribution < 1.29 is 47.3 Å². The van der Waals surface area contributed by atoms with Crippen molar-refractivity contribution in [3.05, 3.63) is 42.5 Å². The van der Waals surface area contributed by atoms with Gasteiger partial charge in [-0.25, -0.2) is 8.42 Å². The van der Waals surface area contributed by atoms with Crippen molar-refractivity contribution in [1.29, 1.82) is 0 Å². The highest BCUT2D eigenvalue weighted by atomic mass is 32.2. The zero-order chi connectivity index (χ0) is 26.6. The Balaban J connectivity index is 2.39. The van der Waals surface area contributed by atoms with Crippen LogP contribution in [0.25, 0.3) is 10.8 Å². The van der Waals surface area contributed by atoms with Gasteiger partial charge in [0.15, 0.2) is 9.84 Å². The summed E-state index contributed by atoms with van der Waals surface area (Å²) in [6, 6.07) is 6.81. The highest BCUT2D eigenvalue weighted by Crippen LogP contribution is 2.38. The van der Waals surface area contributed by atoms with Gasteiger partial charge in [0, 0.05) is 17.0 Å². The molecule has 0 heterocycles.